The number of hydrogen-bond acceptors (Lipinski definition) is 1. The van der Waals surface area contributed by atoms with Gasteiger partial charge in [-0.1, -0.05) is 29.8 Å². The van der Waals surface area contributed by atoms with Gasteiger partial charge in [-0.05, 0) is 66.3 Å². The lowest BCUT2D eigenvalue weighted by atomic mass is 10.1. The Balaban J connectivity index is 2.14. The molecule has 0 aliphatic heterocycles. The molecule has 0 bridgehead atoms. The van der Waals surface area contributed by atoms with Gasteiger partial charge in [-0.25, -0.2) is 0 Å². The van der Waals surface area contributed by atoms with Crippen LogP contribution in [0.2, 0.25) is 0 Å². The number of benzene rings is 2. The Bertz CT molecular complexity index is 488. The first-order valence-electron chi connectivity index (χ1n) is 6.25. The largest absolute Gasteiger partial charge is 0.367 e. The highest BCUT2D eigenvalue weighted by Crippen LogP contribution is 2.18. The van der Waals surface area contributed by atoms with Crippen LogP contribution in [0, 0.1) is 10.5 Å². The van der Waals surface area contributed by atoms with Gasteiger partial charge in [0.25, 0.3) is 0 Å². The van der Waals surface area contributed by atoms with E-state index < -0.39 is 0 Å². The van der Waals surface area contributed by atoms with Crippen molar-refractivity contribution in [3.05, 3.63) is 63.2 Å². The van der Waals surface area contributed by atoms with Crippen molar-refractivity contribution in [2.75, 3.05) is 11.4 Å². The molecule has 0 N–H and O–H groups in total. The van der Waals surface area contributed by atoms with Crippen molar-refractivity contribution in [3.63, 3.8) is 0 Å². The van der Waals surface area contributed by atoms with E-state index in [4.69, 9.17) is 0 Å². The number of rotatable bonds is 4. The summed E-state index contributed by atoms with van der Waals surface area (Å²) in [5.41, 5.74) is 3.97. The van der Waals surface area contributed by atoms with Gasteiger partial charge in [0, 0.05) is 22.3 Å². The van der Waals surface area contributed by atoms with Crippen LogP contribution < -0.4 is 4.90 Å². The predicted molar refractivity (Wildman–Crippen MR) is 87.1 cm³/mol. The number of hydrogen-bond donors (Lipinski definition) is 0. The summed E-state index contributed by atoms with van der Waals surface area (Å²) in [7, 11) is 0. The first-order valence-corrected chi connectivity index (χ1v) is 7.33. The van der Waals surface area contributed by atoms with E-state index in [-0.39, 0.29) is 0 Å². The van der Waals surface area contributed by atoms with Crippen LogP contribution in [0.5, 0.6) is 0 Å². The van der Waals surface area contributed by atoms with Gasteiger partial charge in [0.2, 0.25) is 0 Å². The van der Waals surface area contributed by atoms with E-state index in [0.717, 1.165) is 13.1 Å². The minimum atomic E-state index is 0.970. The minimum Gasteiger partial charge on any atom is -0.367 e. The monoisotopic (exact) mass is 351 g/mol. The molecule has 0 amide bonds. The van der Waals surface area contributed by atoms with Crippen molar-refractivity contribution in [2.24, 2.45) is 0 Å². The predicted octanol–water partition coefficient (Wildman–Crippen LogP) is 4.63. The fourth-order valence-electron chi connectivity index (χ4n) is 1.95. The van der Waals surface area contributed by atoms with Crippen LogP contribution in [-0.2, 0) is 6.54 Å². The molecule has 18 heavy (non-hydrogen) atoms. The molecule has 2 aromatic carbocycles. The lowest BCUT2D eigenvalue weighted by molar-refractivity contribution is 0.831. The summed E-state index contributed by atoms with van der Waals surface area (Å²) in [6, 6.07) is 17.5. The Morgan fingerprint density at radius 1 is 0.944 bits per heavy atom. The van der Waals surface area contributed by atoms with Gasteiger partial charge >= 0.3 is 0 Å². The number of halogens is 1. The molecule has 0 unspecified atom stereocenters. The third-order valence-electron chi connectivity index (χ3n) is 3.07. The van der Waals surface area contributed by atoms with Crippen molar-refractivity contribution in [2.45, 2.75) is 20.4 Å². The summed E-state index contributed by atoms with van der Waals surface area (Å²) in [6.07, 6.45) is 0. The molecule has 0 spiro atoms. The molecule has 0 saturated carbocycles. The normalized spacial score (nSPS) is 10.4. The summed E-state index contributed by atoms with van der Waals surface area (Å²) in [5.74, 6) is 0. The molecule has 2 aromatic rings. The highest BCUT2D eigenvalue weighted by atomic mass is 127. The van der Waals surface area contributed by atoms with E-state index in [1.807, 2.05) is 0 Å². The van der Waals surface area contributed by atoms with Gasteiger partial charge in [0.1, 0.15) is 0 Å². The van der Waals surface area contributed by atoms with Crippen LogP contribution in [-0.4, -0.2) is 6.54 Å². The molecule has 94 valence electrons. The lowest BCUT2D eigenvalue weighted by Crippen LogP contribution is -2.21. The summed E-state index contributed by atoms with van der Waals surface area (Å²) in [4.78, 5) is 2.39. The molecule has 0 heterocycles. The van der Waals surface area contributed by atoms with Gasteiger partial charge < -0.3 is 4.90 Å². The van der Waals surface area contributed by atoms with Crippen LogP contribution in [0.1, 0.15) is 18.1 Å². The molecule has 0 saturated heterocycles. The summed E-state index contributed by atoms with van der Waals surface area (Å²) >= 11 is 2.34. The van der Waals surface area contributed by atoms with Gasteiger partial charge in [-0.3, -0.25) is 0 Å². The van der Waals surface area contributed by atoms with Gasteiger partial charge in [0.15, 0.2) is 0 Å². The Kier molecular flexibility index (Phi) is 4.64. The van der Waals surface area contributed by atoms with E-state index in [1.165, 1.54) is 20.4 Å². The van der Waals surface area contributed by atoms with Crippen LogP contribution in [0.4, 0.5) is 5.69 Å². The zero-order chi connectivity index (χ0) is 13.0. The Labute approximate surface area is 123 Å². The van der Waals surface area contributed by atoms with E-state index in [1.54, 1.807) is 0 Å². The maximum atomic E-state index is 2.39. The molecule has 1 nitrogen and oxygen atoms in total. The molecule has 0 aliphatic rings. The average Bonchev–Trinajstić information content (AvgIpc) is 2.39. The lowest BCUT2D eigenvalue weighted by Gasteiger charge is -2.23. The second-order valence-electron chi connectivity index (χ2n) is 4.48. The smallest absolute Gasteiger partial charge is 0.0429 e. The third kappa shape index (κ3) is 3.48. The second kappa shape index (κ2) is 6.23. The molecular weight excluding hydrogens is 333 g/mol. The van der Waals surface area contributed by atoms with Crippen LogP contribution in [0.25, 0.3) is 0 Å². The Morgan fingerprint density at radius 2 is 1.56 bits per heavy atom. The van der Waals surface area contributed by atoms with Gasteiger partial charge in [-0.15, -0.1) is 0 Å². The van der Waals surface area contributed by atoms with E-state index in [9.17, 15) is 0 Å². The quantitative estimate of drug-likeness (QED) is 0.727. The third-order valence-corrected chi connectivity index (χ3v) is 3.79. The zero-order valence-electron chi connectivity index (χ0n) is 10.9. The number of nitrogens with zero attached hydrogens (tertiary/aromatic N) is 1. The maximum absolute atomic E-state index is 2.39. The molecule has 0 aliphatic carbocycles. The van der Waals surface area contributed by atoms with Crippen LogP contribution in [0.15, 0.2) is 48.5 Å². The molecular formula is C16H18IN. The number of aryl methyl sites for hydroxylation is 1. The van der Waals surface area contributed by atoms with Crippen LogP contribution in [0.3, 0.4) is 0 Å². The average molecular weight is 351 g/mol. The Hall–Kier alpha value is -1.03. The summed E-state index contributed by atoms with van der Waals surface area (Å²) in [5, 5.41) is 0. The molecule has 0 aromatic heterocycles. The summed E-state index contributed by atoms with van der Waals surface area (Å²) in [6.45, 7) is 6.32. The topological polar surface area (TPSA) is 3.24 Å². The molecule has 0 radical (unpaired) electrons. The maximum Gasteiger partial charge on any atom is 0.0429 e. The first-order chi connectivity index (χ1) is 8.69. The molecule has 0 atom stereocenters. The van der Waals surface area contributed by atoms with Crippen molar-refractivity contribution in [3.8, 4) is 0 Å². The van der Waals surface area contributed by atoms with Crippen LogP contribution >= 0.6 is 22.6 Å². The fourth-order valence-corrected chi connectivity index (χ4v) is 2.31. The minimum absolute atomic E-state index is 0.970. The highest BCUT2D eigenvalue weighted by Gasteiger charge is 2.04. The Morgan fingerprint density at radius 3 is 2.11 bits per heavy atom. The first kappa shape index (κ1) is 13.4. The van der Waals surface area contributed by atoms with Gasteiger partial charge in [-0.2, -0.15) is 0 Å². The molecule has 2 rings (SSSR count). The van der Waals surface area contributed by atoms with Crippen molar-refractivity contribution in [1.29, 1.82) is 0 Å². The van der Waals surface area contributed by atoms with Gasteiger partial charge in [0.05, 0.1) is 0 Å². The van der Waals surface area contributed by atoms with E-state index in [2.05, 4.69) is 89.9 Å². The molecule has 0 fully saturated rings. The summed E-state index contributed by atoms with van der Waals surface area (Å²) < 4.78 is 1.28. The van der Waals surface area contributed by atoms with E-state index >= 15 is 0 Å². The zero-order valence-corrected chi connectivity index (χ0v) is 13.0. The molecule has 2 heteroatoms. The second-order valence-corrected chi connectivity index (χ2v) is 5.72. The fraction of sp³-hybridized carbons (Fsp3) is 0.250. The van der Waals surface area contributed by atoms with Crippen molar-refractivity contribution >= 4 is 28.3 Å². The highest BCUT2D eigenvalue weighted by molar-refractivity contribution is 14.1. The van der Waals surface area contributed by atoms with E-state index in [0.29, 0.717) is 0 Å². The standard InChI is InChI=1S/C16H18IN/c1-3-18(16-10-8-15(17)9-11-16)12-14-6-4-13(2)5-7-14/h4-11H,3,12H2,1-2H3. The van der Waals surface area contributed by atoms with Crippen molar-refractivity contribution in [1.82, 2.24) is 0 Å². The van der Waals surface area contributed by atoms with Crippen molar-refractivity contribution < 1.29 is 0 Å². The SMILES string of the molecule is CCN(Cc1ccc(C)cc1)c1ccc(I)cc1. The number of anilines is 1.